The maximum atomic E-state index is 14.2. The third-order valence-corrected chi connectivity index (χ3v) is 4.61. The second-order valence-corrected chi connectivity index (χ2v) is 6.35. The molecule has 3 heterocycles. The predicted octanol–water partition coefficient (Wildman–Crippen LogP) is 1.98. The number of nitrogens with two attached hydrogens (primary N) is 2. The Morgan fingerprint density at radius 2 is 2.04 bits per heavy atom. The number of aromatic nitrogens is 3. The van der Waals surface area contributed by atoms with Gasteiger partial charge in [0.15, 0.2) is 11.5 Å². The molecule has 140 valence electrons. The first kappa shape index (κ1) is 17.1. The average Bonchev–Trinajstić information content (AvgIpc) is 3.15. The van der Waals surface area contributed by atoms with Crippen LogP contribution in [0.25, 0.3) is 5.65 Å². The number of hydrogen-bond acceptors (Lipinski definition) is 5. The van der Waals surface area contributed by atoms with Crippen LogP contribution in [-0.2, 0) is 0 Å². The third kappa shape index (κ3) is 2.82. The molecule has 0 aliphatic carbocycles. The Morgan fingerprint density at radius 1 is 1.26 bits per heavy atom. The van der Waals surface area contributed by atoms with Crippen molar-refractivity contribution in [2.45, 2.75) is 18.6 Å². The van der Waals surface area contributed by atoms with Gasteiger partial charge in [0.2, 0.25) is 0 Å². The van der Waals surface area contributed by atoms with Gasteiger partial charge >= 0.3 is 0 Å². The number of primary amides is 1. The second kappa shape index (κ2) is 6.15. The zero-order chi connectivity index (χ0) is 19.3. The minimum absolute atomic E-state index is 0.0166. The van der Waals surface area contributed by atoms with Crippen molar-refractivity contribution in [3.8, 4) is 0 Å². The summed E-state index contributed by atoms with van der Waals surface area (Å²) in [5.74, 6) is -1.85. The van der Waals surface area contributed by atoms with Crippen molar-refractivity contribution in [1.29, 1.82) is 0 Å². The summed E-state index contributed by atoms with van der Waals surface area (Å²) in [6, 6.07) is 3.85. The summed E-state index contributed by atoms with van der Waals surface area (Å²) in [7, 11) is 0. The molecular formula is C17H15F3N6O. The normalized spacial score (nSPS) is 19.7. The molecule has 1 amide bonds. The molecular weight excluding hydrogens is 361 g/mol. The molecule has 27 heavy (non-hydrogen) atoms. The number of halogens is 3. The van der Waals surface area contributed by atoms with Gasteiger partial charge in [-0.15, -0.1) is 5.10 Å². The molecule has 3 aromatic rings. The first-order valence-corrected chi connectivity index (χ1v) is 8.15. The zero-order valence-corrected chi connectivity index (χ0v) is 13.9. The van der Waals surface area contributed by atoms with Crippen LogP contribution < -0.4 is 16.4 Å². The van der Waals surface area contributed by atoms with Crippen LogP contribution in [0.1, 0.15) is 28.4 Å². The van der Waals surface area contributed by atoms with E-state index in [1.54, 1.807) is 0 Å². The van der Waals surface area contributed by atoms with Crippen molar-refractivity contribution in [2.75, 3.05) is 17.2 Å². The van der Waals surface area contributed by atoms with Gasteiger partial charge in [-0.25, -0.2) is 22.7 Å². The maximum absolute atomic E-state index is 14.2. The lowest BCUT2D eigenvalue weighted by Gasteiger charge is -2.26. The molecule has 2 aromatic heterocycles. The van der Waals surface area contributed by atoms with Crippen molar-refractivity contribution in [2.24, 2.45) is 5.73 Å². The maximum Gasteiger partial charge on any atom is 0.256 e. The Morgan fingerprint density at radius 3 is 2.78 bits per heavy atom. The number of hydrogen-bond donors (Lipinski definition) is 2. The highest BCUT2D eigenvalue weighted by Crippen LogP contribution is 2.38. The van der Waals surface area contributed by atoms with Crippen LogP contribution in [0.15, 0.2) is 30.5 Å². The van der Waals surface area contributed by atoms with Gasteiger partial charge in [-0.2, -0.15) is 0 Å². The summed E-state index contributed by atoms with van der Waals surface area (Å²) in [5.41, 5.74) is 11.1. The van der Waals surface area contributed by atoms with E-state index in [2.05, 4.69) is 10.1 Å². The van der Waals surface area contributed by atoms with Gasteiger partial charge in [-0.1, -0.05) is 0 Å². The summed E-state index contributed by atoms with van der Waals surface area (Å²) in [4.78, 5) is 17.5. The van der Waals surface area contributed by atoms with Crippen molar-refractivity contribution in [3.05, 3.63) is 53.2 Å². The number of carbonyl (C=O) groups is 1. The third-order valence-electron chi connectivity index (χ3n) is 4.61. The number of nitrogen functional groups attached to an aromatic ring is 1. The van der Waals surface area contributed by atoms with Crippen molar-refractivity contribution in [3.63, 3.8) is 0 Å². The molecule has 1 aliphatic rings. The van der Waals surface area contributed by atoms with E-state index in [1.165, 1.54) is 21.7 Å². The molecule has 2 unspecified atom stereocenters. The predicted molar refractivity (Wildman–Crippen MR) is 91.9 cm³/mol. The monoisotopic (exact) mass is 376 g/mol. The Kier molecular flexibility index (Phi) is 3.90. The lowest BCUT2D eigenvalue weighted by atomic mass is 10.0. The Bertz CT molecular complexity index is 1050. The van der Waals surface area contributed by atoms with Crippen LogP contribution >= 0.6 is 0 Å². The molecule has 0 saturated carbocycles. The molecule has 0 spiro atoms. The van der Waals surface area contributed by atoms with E-state index < -0.39 is 29.8 Å². The summed E-state index contributed by atoms with van der Waals surface area (Å²) >= 11 is 0. The van der Waals surface area contributed by atoms with Crippen LogP contribution in [-0.4, -0.2) is 33.2 Å². The fraction of sp³-hybridized carbons (Fsp3) is 0.235. The second-order valence-electron chi connectivity index (χ2n) is 6.35. The summed E-state index contributed by atoms with van der Waals surface area (Å²) < 4.78 is 43.3. The van der Waals surface area contributed by atoms with E-state index in [0.29, 0.717) is 0 Å². The SMILES string of the molecule is NC(=O)c1c(N)nn2ccc(N3CC(F)CC3c3cc(F)ccc3F)nc12. The van der Waals surface area contributed by atoms with E-state index >= 15 is 0 Å². The quantitative estimate of drug-likeness (QED) is 0.728. The lowest BCUT2D eigenvalue weighted by Crippen LogP contribution is -2.25. The summed E-state index contributed by atoms with van der Waals surface area (Å²) in [6.07, 6.45) is 0.226. The van der Waals surface area contributed by atoms with E-state index in [-0.39, 0.29) is 41.4 Å². The number of amides is 1. The van der Waals surface area contributed by atoms with E-state index in [0.717, 1.165) is 18.2 Å². The molecule has 2 atom stereocenters. The standard InChI is InChI=1S/C17H15F3N6O/c18-8-1-2-11(20)10(5-8)12-6-9(19)7-25(12)13-3-4-26-17(23-13)14(16(22)27)15(21)24-26/h1-5,9,12H,6-7H2,(H2,21,24)(H2,22,27). The Hall–Kier alpha value is -3.30. The summed E-state index contributed by atoms with van der Waals surface area (Å²) in [6.45, 7) is -0.0562. The fourth-order valence-corrected chi connectivity index (χ4v) is 3.44. The number of benzene rings is 1. The van der Waals surface area contributed by atoms with Gasteiger partial charge in [0, 0.05) is 18.2 Å². The first-order valence-electron chi connectivity index (χ1n) is 8.15. The van der Waals surface area contributed by atoms with Gasteiger partial charge in [0.25, 0.3) is 5.91 Å². The van der Waals surface area contributed by atoms with Gasteiger partial charge in [0.1, 0.15) is 29.2 Å². The number of carbonyl (C=O) groups excluding carboxylic acids is 1. The van der Waals surface area contributed by atoms with Gasteiger partial charge in [-0.05, 0) is 24.3 Å². The molecule has 1 fully saturated rings. The van der Waals surface area contributed by atoms with E-state index in [4.69, 9.17) is 11.5 Å². The highest BCUT2D eigenvalue weighted by Gasteiger charge is 2.36. The van der Waals surface area contributed by atoms with Crippen molar-refractivity contribution < 1.29 is 18.0 Å². The first-order chi connectivity index (χ1) is 12.8. The highest BCUT2D eigenvalue weighted by molar-refractivity contribution is 6.03. The number of nitrogens with zero attached hydrogens (tertiary/aromatic N) is 4. The van der Waals surface area contributed by atoms with E-state index in [1.807, 2.05) is 0 Å². The van der Waals surface area contributed by atoms with Crippen LogP contribution in [0.5, 0.6) is 0 Å². The lowest BCUT2D eigenvalue weighted by molar-refractivity contribution is 0.100. The molecule has 7 nitrogen and oxygen atoms in total. The molecule has 1 aliphatic heterocycles. The van der Waals surface area contributed by atoms with Crippen LogP contribution in [0.4, 0.5) is 24.8 Å². The van der Waals surface area contributed by atoms with Gasteiger partial charge in [0.05, 0.1) is 12.6 Å². The minimum atomic E-state index is -1.25. The minimum Gasteiger partial charge on any atom is -0.381 e. The molecule has 0 radical (unpaired) electrons. The number of alkyl halides is 1. The van der Waals surface area contributed by atoms with Crippen molar-refractivity contribution in [1.82, 2.24) is 14.6 Å². The molecule has 1 saturated heterocycles. The number of rotatable bonds is 3. The number of anilines is 2. The fourth-order valence-electron chi connectivity index (χ4n) is 3.44. The average molecular weight is 376 g/mol. The highest BCUT2D eigenvalue weighted by atomic mass is 19.1. The Labute approximate surface area is 151 Å². The number of fused-ring (bicyclic) bond motifs is 1. The van der Waals surface area contributed by atoms with Gasteiger partial charge < -0.3 is 16.4 Å². The van der Waals surface area contributed by atoms with Crippen LogP contribution in [0.2, 0.25) is 0 Å². The molecule has 10 heteroatoms. The smallest absolute Gasteiger partial charge is 0.256 e. The molecule has 0 bridgehead atoms. The van der Waals surface area contributed by atoms with Crippen LogP contribution in [0, 0.1) is 11.6 Å². The van der Waals surface area contributed by atoms with Gasteiger partial charge in [-0.3, -0.25) is 4.79 Å². The largest absolute Gasteiger partial charge is 0.381 e. The molecule has 4 N–H and O–H groups in total. The summed E-state index contributed by atoms with van der Waals surface area (Å²) in [5, 5.41) is 3.95. The molecule has 4 rings (SSSR count). The molecule has 1 aromatic carbocycles. The Balaban J connectivity index is 1.82. The topological polar surface area (TPSA) is 103 Å². The van der Waals surface area contributed by atoms with Crippen molar-refractivity contribution >= 4 is 23.2 Å². The van der Waals surface area contributed by atoms with E-state index in [9.17, 15) is 18.0 Å². The van der Waals surface area contributed by atoms with Crippen LogP contribution in [0.3, 0.4) is 0 Å². The zero-order valence-electron chi connectivity index (χ0n) is 13.9.